The van der Waals surface area contributed by atoms with Gasteiger partial charge in [-0.2, -0.15) is 26.3 Å². The van der Waals surface area contributed by atoms with Crippen LogP contribution < -0.4 is 0 Å². The Morgan fingerprint density at radius 2 is 1.42 bits per heavy atom. The molecule has 0 saturated heterocycles. The fourth-order valence-corrected chi connectivity index (χ4v) is 0.397. The number of alkyl halides is 6. The average molecular weight is 194 g/mol. The minimum atomic E-state index is -5.16. The van der Waals surface area contributed by atoms with Gasteiger partial charge >= 0.3 is 12.4 Å². The minimum Gasteiger partial charge on any atom is -0.290 e. The Morgan fingerprint density at radius 3 is 1.67 bits per heavy atom. The number of hydrogen-bond donors (Lipinski definition) is 0. The Kier molecular flexibility index (Phi) is 3.11. The van der Waals surface area contributed by atoms with Crippen LogP contribution in [0.3, 0.4) is 0 Å². The second-order valence-corrected chi connectivity index (χ2v) is 2.04. The maximum absolute atomic E-state index is 11.3. The van der Waals surface area contributed by atoms with Gasteiger partial charge in [-0.3, -0.25) is 4.79 Å². The Labute approximate surface area is 63.4 Å². The Hall–Kier alpha value is -0.750. The van der Waals surface area contributed by atoms with Gasteiger partial charge in [0, 0.05) is 6.42 Å². The molecule has 0 fully saturated rings. The number of Topliss-reactive ketones (excluding diaryl/α,β-unsaturated/α-hetero) is 1. The first-order valence-electron chi connectivity index (χ1n) is 2.80. The highest BCUT2D eigenvalue weighted by Crippen LogP contribution is 2.25. The lowest BCUT2D eigenvalue weighted by atomic mass is 10.2. The fourth-order valence-electron chi connectivity index (χ4n) is 0.397. The van der Waals surface area contributed by atoms with E-state index in [1.165, 1.54) is 0 Å². The zero-order chi connectivity index (χ0) is 9.99. The van der Waals surface area contributed by atoms with Crippen LogP contribution in [0.4, 0.5) is 26.3 Å². The summed E-state index contributed by atoms with van der Waals surface area (Å²) in [5, 5.41) is 0. The van der Waals surface area contributed by atoms with Crippen molar-refractivity contribution in [3.63, 3.8) is 0 Å². The molecule has 0 atom stereocenters. The molecule has 0 N–H and O–H groups in total. The quantitative estimate of drug-likeness (QED) is 0.617. The Bertz CT molecular complexity index is 166. The molecule has 1 nitrogen and oxygen atoms in total. The van der Waals surface area contributed by atoms with Gasteiger partial charge < -0.3 is 0 Å². The highest BCUT2D eigenvalue weighted by atomic mass is 19.4. The van der Waals surface area contributed by atoms with Gasteiger partial charge in [0.05, 0.1) is 6.42 Å². The van der Waals surface area contributed by atoms with E-state index < -0.39 is 31.0 Å². The summed E-state index contributed by atoms with van der Waals surface area (Å²) in [7, 11) is 0. The summed E-state index contributed by atoms with van der Waals surface area (Å²) in [6.45, 7) is 0. The number of ketones is 1. The largest absolute Gasteiger partial charge is 0.449 e. The topological polar surface area (TPSA) is 17.1 Å². The third-order valence-electron chi connectivity index (χ3n) is 0.952. The van der Waals surface area contributed by atoms with Gasteiger partial charge in [0.2, 0.25) is 5.78 Å². The summed E-state index contributed by atoms with van der Waals surface area (Å²) in [6, 6.07) is 0. The molecule has 0 aromatic carbocycles. The van der Waals surface area contributed by atoms with Gasteiger partial charge in [-0.25, -0.2) is 0 Å². The molecule has 0 radical (unpaired) electrons. The van der Waals surface area contributed by atoms with E-state index in [4.69, 9.17) is 0 Å². The van der Waals surface area contributed by atoms with Gasteiger partial charge in [-0.1, -0.05) is 0 Å². The third-order valence-corrected chi connectivity index (χ3v) is 0.952. The summed E-state index contributed by atoms with van der Waals surface area (Å²) in [5.74, 6) is -2.35. The fraction of sp³-hybridized carbons (Fsp3) is 0.800. The summed E-state index contributed by atoms with van der Waals surface area (Å²) < 4.78 is 67.8. The highest BCUT2D eigenvalue weighted by Gasteiger charge is 2.40. The first-order valence-corrected chi connectivity index (χ1v) is 2.80. The summed E-state index contributed by atoms with van der Waals surface area (Å²) in [4.78, 5) is 9.89. The van der Waals surface area contributed by atoms with Crippen LogP contribution in [0.1, 0.15) is 12.8 Å². The second-order valence-electron chi connectivity index (χ2n) is 2.04. The van der Waals surface area contributed by atoms with Crippen molar-refractivity contribution in [2.45, 2.75) is 25.2 Å². The van der Waals surface area contributed by atoms with Crippen molar-refractivity contribution >= 4 is 5.78 Å². The normalized spacial score (nSPS) is 13.2. The minimum absolute atomic E-state index is 1.53. The number of halogens is 6. The standard InChI is InChI=1S/C5H4F6O/c6-4(7,8)2-1-3(12)5(9,10)11/h1-2H2. The molecule has 0 aliphatic heterocycles. The number of rotatable bonds is 2. The molecular formula is C5H4F6O. The average Bonchev–Trinajstić information content (AvgIpc) is 1.78. The SMILES string of the molecule is O=C(CCC(F)(F)F)C(F)(F)F. The van der Waals surface area contributed by atoms with Crippen LogP contribution in [0.5, 0.6) is 0 Å². The predicted molar refractivity (Wildman–Crippen MR) is 26.4 cm³/mol. The lowest BCUT2D eigenvalue weighted by Gasteiger charge is -2.06. The van der Waals surface area contributed by atoms with Crippen LogP contribution in [-0.4, -0.2) is 18.1 Å². The Morgan fingerprint density at radius 1 is 1.00 bits per heavy atom. The zero-order valence-corrected chi connectivity index (χ0v) is 5.59. The van der Waals surface area contributed by atoms with Crippen molar-refractivity contribution < 1.29 is 31.1 Å². The van der Waals surface area contributed by atoms with Gasteiger partial charge in [0.15, 0.2) is 0 Å². The van der Waals surface area contributed by atoms with E-state index in [0.29, 0.717) is 0 Å². The summed E-state index contributed by atoms with van der Waals surface area (Å²) in [5.41, 5.74) is 0. The van der Waals surface area contributed by atoms with Crippen LogP contribution >= 0.6 is 0 Å². The van der Waals surface area contributed by atoms with Gasteiger partial charge in [-0.15, -0.1) is 0 Å². The Balaban J connectivity index is 3.90. The van der Waals surface area contributed by atoms with E-state index >= 15 is 0 Å². The molecule has 0 amide bonds. The maximum atomic E-state index is 11.3. The first-order chi connectivity index (χ1) is 5.13. The van der Waals surface area contributed by atoms with E-state index in [2.05, 4.69) is 0 Å². The van der Waals surface area contributed by atoms with Crippen molar-refractivity contribution in [1.82, 2.24) is 0 Å². The molecule has 0 aliphatic rings. The molecule has 12 heavy (non-hydrogen) atoms. The van der Waals surface area contributed by atoms with Gasteiger partial charge in [-0.05, 0) is 0 Å². The number of carbonyl (C=O) groups is 1. The molecule has 0 aromatic rings. The molecular weight excluding hydrogens is 190 g/mol. The molecule has 0 aromatic heterocycles. The number of hydrogen-bond acceptors (Lipinski definition) is 1. The van der Waals surface area contributed by atoms with Crippen LogP contribution in [0.15, 0.2) is 0 Å². The number of carbonyl (C=O) groups excluding carboxylic acids is 1. The maximum Gasteiger partial charge on any atom is 0.449 e. The van der Waals surface area contributed by atoms with Crippen molar-refractivity contribution in [2.75, 3.05) is 0 Å². The highest BCUT2D eigenvalue weighted by molar-refractivity contribution is 5.83. The van der Waals surface area contributed by atoms with E-state index in [-0.39, 0.29) is 0 Å². The lowest BCUT2D eigenvalue weighted by Crippen LogP contribution is -2.24. The molecule has 7 heteroatoms. The first kappa shape index (κ1) is 11.2. The van der Waals surface area contributed by atoms with Crippen LogP contribution in [0.2, 0.25) is 0 Å². The molecule has 0 aliphatic carbocycles. The van der Waals surface area contributed by atoms with Crippen LogP contribution in [-0.2, 0) is 4.79 Å². The molecule has 0 heterocycles. The van der Waals surface area contributed by atoms with E-state index in [0.717, 1.165) is 0 Å². The molecule has 0 saturated carbocycles. The van der Waals surface area contributed by atoms with Crippen molar-refractivity contribution in [3.8, 4) is 0 Å². The molecule has 0 unspecified atom stereocenters. The van der Waals surface area contributed by atoms with E-state index in [9.17, 15) is 31.1 Å². The smallest absolute Gasteiger partial charge is 0.290 e. The third kappa shape index (κ3) is 4.97. The van der Waals surface area contributed by atoms with E-state index in [1.54, 1.807) is 0 Å². The molecule has 0 spiro atoms. The summed E-state index contributed by atoms with van der Waals surface area (Å²) in [6.07, 6.45) is -13.1. The van der Waals surface area contributed by atoms with Gasteiger partial charge in [0.25, 0.3) is 0 Å². The van der Waals surface area contributed by atoms with Crippen molar-refractivity contribution in [2.24, 2.45) is 0 Å². The van der Waals surface area contributed by atoms with E-state index in [1.807, 2.05) is 0 Å². The van der Waals surface area contributed by atoms with Crippen molar-refractivity contribution in [3.05, 3.63) is 0 Å². The monoisotopic (exact) mass is 194 g/mol. The van der Waals surface area contributed by atoms with Crippen molar-refractivity contribution in [1.29, 1.82) is 0 Å². The molecule has 0 bridgehead atoms. The molecule has 0 rings (SSSR count). The second kappa shape index (κ2) is 3.32. The summed E-state index contributed by atoms with van der Waals surface area (Å²) >= 11 is 0. The zero-order valence-electron chi connectivity index (χ0n) is 5.59. The van der Waals surface area contributed by atoms with Gasteiger partial charge in [0.1, 0.15) is 0 Å². The molecule has 72 valence electrons. The predicted octanol–water partition coefficient (Wildman–Crippen LogP) is 2.46. The van der Waals surface area contributed by atoms with Crippen LogP contribution in [0.25, 0.3) is 0 Å². The lowest BCUT2D eigenvalue weighted by molar-refractivity contribution is -0.177. The van der Waals surface area contributed by atoms with Crippen LogP contribution in [0, 0.1) is 0 Å².